The van der Waals surface area contributed by atoms with Crippen LogP contribution in [0.15, 0.2) is 28.2 Å². The Labute approximate surface area is 113 Å². The molecule has 104 valence electrons. The number of sulfonamides is 1. The van der Waals surface area contributed by atoms with Crippen LogP contribution in [0, 0.1) is 0 Å². The van der Waals surface area contributed by atoms with Crippen molar-refractivity contribution < 1.29 is 17.9 Å². The van der Waals surface area contributed by atoms with Gasteiger partial charge in [-0.05, 0) is 18.9 Å². The molecule has 1 fully saturated rings. The van der Waals surface area contributed by atoms with Gasteiger partial charge >= 0.3 is 5.97 Å². The molecule has 0 radical (unpaired) electrons. The highest BCUT2D eigenvalue weighted by Gasteiger charge is 2.29. The Morgan fingerprint density at radius 1 is 1.37 bits per heavy atom. The second-order valence-electron chi connectivity index (χ2n) is 4.72. The summed E-state index contributed by atoms with van der Waals surface area (Å²) in [6, 6.07) is 0. The van der Waals surface area contributed by atoms with E-state index in [1.807, 2.05) is 0 Å². The number of allylic oxidation sites excluding steroid dienone is 3. The summed E-state index contributed by atoms with van der Waals surface area (Å²) in [4.78, 5) is 11.4. The van der Waals surface area contributed by atoms with Gasteiger partial charge < -0.3 is 4.74 Å². The predicted molar refractivity (Wildman–Crippen MR) is 72.5 cm³/mol. The highest BCUT2D eigenvalue weighted by Crippen LogP contribution is 2.26. The molecule has 0 amide bonds. The first kappa shape index (κ1) is 14.0. The van der Waals surface area contributed by atoms with Gasteiger partial charge in [-0.15, -0.1) is 0 Å². The van der Waals surface area contributed by atoms with Gasteiger partial charge in [0.15, 0.2) is 0 Å². The van der Waals surface area contributed by atoms with Crippen LogP contribution in [0.25, 0.3) is 0 Å². The zero-order valence-electron chi connectivity index (χ0n) is 10.8. The lowest BCUT2D eigenvalue weighted by atomic mass is 10.0. The SMILES string of the molecule is COC(=O)C1=CC=CC(=NS(=O)(=O)C2CCCC2)C1. The van der Waals surface area contributed by atoms with Crippen molar-refractivity contribution in [3.05, 3.63) is 23.8 Å². The number of ether oxygens (including phenoxy) is 1. The van der Waals surface area contributed by atoms with Crippen molar-refractivity contribution in [3.63, 3.8) is 0 Å². The van der Waals surface area contributed by atoms with Gasteiger partial charge in [0.05, 0.1) is 18.1 Å². The van der Waals surface area contributed by atoms with Crippen molar-refractivity contribution in [2.45, 2.75) is 37.4 Å². The van der Waals surface area contributed by atoms with Gasteiger partial charge in [0.2, 0.25) is 0 Å². The maximum Gasteiger partial charge on any atom is 0.334 e. The highest BCUT2D eigenvalue weighted by molar-refractivity contribution is 7.90. The molecule has 2 rings (SSSR count). The first-order valence-electron chi connectivity index (χ1n) is 6.31. The Bertz CT molecular complexity index is 551. The van der Waals surface area contributed by atoms with Crippen molar-refractivity contribution in [1.82, 2.24) is 0 Å². The molecular weight excluding hydrogens is 266 g/mol. The van der Waals surface area contributed by atoms with Crippen LogP contribution in [0.2, 0.25) is 0 Å². The molecule has 0 aromatic heterocycles. The topological polar surface area (TPSA) is 72.8 Å². The summed E-state index contributed by atoms with van der Waals surface area (Å²) in [5, 5.41) is -0.360. The number of hydrogen-bond acceptors (Lipinski definition) is 4. The van der Waals surface area contributed by atoms with Crippen LogP contribution in [-0.4, -0.2) is 32.5 Å². The number of methoxy groups -OCH3 is 1. The van der Waals surface area contributed by atoms with Crippen LogP contribution in [0.5, 0.6) is 0 Å². The van der Waals surface area contributed by atoms with Crippen molar-refractivity contribution in [3.8, 4) is 0 Å². The molecular formula is C13H17NO4S. The average molecular weight is 283 g/mol. The second kappa shape index (κ2) is 5.69. The number of nitrogens with zero attached hydrogens (tertiary/aromatic N) is 1. The highest BCUT2D eigenvalue weighted by atomic mass is 32.2. The van der Waals surface area contributed by atoms with E-state index in [2.05, 4.69) is 9.13 Å². The fourth-order valence-corrected chi connectivity index (χ4v) is 3.88. The zero-order chi connectivity index (χ0) is 13.9. The molecule has 19 heavy (non-hydrogen) atoms. The third-order valence-corrected chi connectivity index (χ3v) is 5.18. The minimum absolute atomic E-state index is 0.203. The van der Waals surface area contributed by atoms with Crippen LogP contribution in [0.4, 0.5) is 0 Å². The molecule has 0 bridgehead atoms. The summed E-state index contributed by atoms with van der Waals surface area (Å²) in [7, 11) is -2.16. The fraction of sp³-hybridized carbons (Fsp3) is 0.538. The van der Waals surface area contributed by atoms with Crippen LogP contribution in [0.3, 0.4) is 0 Å². The Hall–Kier alpha value is -1.43. The zero-order valence-corrected chi connectivity index (χ0v) is 11.6. The second-order valence-corrected chi connectivity index (χ2v) is 6.60. The molecule has 0 heterocycles. The van der Waals surface area contributed by atoms with Gasteiger partial charge in [0, 0.05) is 12.0 Å². The number of rotatable bonds is 3. The van der Waals surface area contributed by atoms with Crippen LogP contribution < -0.4 is 0 Å². The Balaban J connectivity index is 2.15. The van der Waals surface area contributed by atoms with Crippen molar-refractivity contribution in [2.75, 3.05) is 7.11 Å². The molecule has 0 unspecified atom stereocenters. The van der Waals surface area contributed by atoms with Crippen LogP contribution >= 0.6 is 0 Å². The summed E-state index contributed by atoms with van der Waals surface area (Å²) in [6.07, 6.45) is 8.32. The quantitative estimate of drug-likeness (QED) is 0.740. The normalized spacial score (nSPS) is 22.6. The van der Waals surface area contributed by atoms with Gasteiger partial charge in [-0.3, -0.25) is 0 Å². The lowest BCUT2D eigenvalue weighted by Gasteiger charge is -2.11. The summed E-state index contributed by atoms with van der Waals surface area (Å²) in [5.74, 6) is -0.449. The molecule has 0 saturated heterocycles. The van der Waals surface area contributed by atoms with Gasteiger partial charge in [-0.2, -0.15) is 4.40 Å². The summed E-state index contributed by atoms with van der Waals surface area (Å²) in [6.45, 7) is 0. The van der Waals surface area contributed by atoms with Crippen molar-refractivity contribution >= 4 is 21.7 Å². The maximum atomic E-state index is 12.1. The third kappa shape index (κ3) is 3.32. The average Bonchev–Trinajstić information content (AvgIpc) is 2.92. The van der Waals surface area contributed by atoms with Gasteiger partial charge in [-0.25, -0.2) is 13.2 Å². The monoisotopic (exact) mass is 283 g/mol. The van der Waals surface area contributed by atoms with Crippen molar-refractivity contribution in [1.29, 1.82) is 0 Å². The van der Waals surface area contributed by atoms with Gasteiger partial charge in [0.25, 0.3) is 10.0 Å². The van der Waals surface area contributed by atoms with E-state index < -0.39 is 16.0 Å². The smallest absolute Gasteiger partial charge is 0.334 e. The van der Waals surface area contributed by atoms with E-state index in [-0.39, 0.29) is 11.7 Å². The van der Waals surface area contributed by atoms with E-state index in [1.165, 1.54) is 7.11 Å². The molecule has 0 aromatic rings. The van der Waals surface area contributed by atoms with Crippen LogP contribution in [-0.2, 0) is 19.6 Å². The number of carbonyl (C=O) groups is 1. The number of carbonyl (C=O) groups excluding carboxylic acids is 1. The summed E-state index contributed by atoms with van der Waals surface area (Å²) < 4.78 is 32.7. The van der Waals surface area contributed by atoms with E-state index in [1.54, 1.807) is 18.2 Å². The summed E-state index contributed by atoms with van der Waals surface area (Å²) in [5.41, 5.74) is 0.820. The molecule has 2 aliphatic carbocycles. The first-order valence-corrected chi connectivity index (χ1v) is 7.81. The molecule has 0 aliphatic heterocycles. The molecule has 0 spiro atoms. The standard InChI is InChI=1S/C13H17NO4S/c1-18-13(15)10-5-4-6-11(9-10)14-19(16,17)12-7-2-3-8-12/h4-6,12H,2-3,7-9H2,1H3. The van der Waals surface area contributed by atoms with E-state index in [0.717, 1.165) is 12.8 Å². The summed E-state index contributed by atoms with van der Waals surface area (Å²) >= 11 is 0. The van der Waals surface area contributed by atoms with E-state index >= 15 is 0 Å². The Morgan fingerprint density at radius 3 is 2.68 bits per heavy atom. The lowest BCUT2D eigenvalue weighted by molar-refractivity contribution is -0.136. The lowest BCUT2D eigenvalue weighted by Crippen LogP contribution is -2.18. The molecule has 6 heteroatoms. The van der Waals surface area contributed by atoms with Crippen LogP contribution in [0.1, 0.15) is 32.1 Å². The molecule has 0 aromatic carbocycles. The van der Waals surface area contributed by atoms with E-state index in [4.69, 9.17) is 0 Å². The number of esters is 1. The van der Waals surface area contributed by atoms with E-state index in [0.29, 0.717) is 24.1 Å². The first-order chi connectivity index (χ1) is 9.03. The maximum absolute atomic E-state index is 12.1. The molecule has 0 atom stereocenters. The molecule has 2 aliphatic rings. The fourth-order valence-electron chi connectivity index (χ4n) is 2.35. The molecule has 5 nitrogen and oxygen atoms in total. The Morgan fingerprint density at radius 2 is 2.05 bits per heavy atom. The third-order valence-electron chi connectivity index (χ3n) is 3.37. The van der Waals surface area contributed by atoms with Gasteiger partial charge in [0.1, 0.15) is 0 Å². The predicted octanol–water partition coefficient (Wildman–Crippen LogP) is 1.76. The Kier molecular flexibility index (Phi) is 4.19. The molecule has 1 saturated carbocycles. The largest absolute Gasteiger partial charge is 0.466 e. The van der Waals surface area contributed by atoms with Gasteiger partial charge in [-0.1, -0.05) is 25.0 Å². The molecule has 0 N–H and O–H groups in total. The van der Waals surface area contributed by atoms with Crippen molar-refractivity contribution in [2.24, 2.45) is 4.40 Å². The van der Waals surface area contributed by atoms with E-state index in [9.17, 15) is 13.2 Å². The number of hydrogen-bond donors (Lipinski definition) is 0. The minimum atomic E-state index is -3.46. The minimum Gasteiger partial charge on any atom is -0.466 e.